The number of rotatable bonds is 5. The lowest BCUT2D eigenvalue weighted by atomic mass is 9.89. The van der Waals surface area contributed by atoms with Crippen molar-refractivity contribution in [3.05, 3.63) is 18.0 Å². The molecule has 4 heteroatoms. The van der Waals surface area contributed by atoms with Gasteiger partial charge in [-0.2, -0.15) is 5.10 Å². The number of aromatic nitrogens is 2. The van der Waals surface area contributed by atoms with E-state index in [-0.39, 0.29) is 0 Å². The van der Waals surface area contributed by atoms with Crippen LogP contribution in [0.4, 0.5) is 0 Å². The molecule has 1 aliphatic carbocycles. The fourth-order valence-electron chi connectivity index (χ4n) is 3.09. The van der Waals surface area contributed by atoms with Gasteiger partial charge < -0.3 is 5.32 Å². The molecule has 1 aliphatic rings. The van der Waals surface area contributed by atoms with E-state index in [1.54, 1.807) is 0 Å². The first-order valence-corrected chi connectivity index (χ1v) is 7.57. The highest BCUT2D eigenvalue weighted by molar-refractivity contribution is 5.10. The van der Waals surface area contributed by atoms with Gasteiger partial charge in [0.1, 0.15) is 0 Å². The van der Waals surface area contributed by atoms with Crippen molar-refractivity contribution >= 4 is 0 Å². The second kappa shape index (κ2) is 6.53. The summed E-state index contributed by atoms with van der Waals surface area (Å²) in [6, 6.07) is 1.89. The second-order valence-corrected chi connectivity index (χ2v) is 5.76. The molecular weight excluding hydrogens is 236 g/mol. The third-order valence-corrected chi connectivity index (χ3v) is 4.75. The smallest absolute Gasteiger partial charge is 0.0537 e. The molecule has 1 N–H and O–H groups in total. The molecule has 0 aromatic carbocycles. The summed E-state index contributed by atoms with van der Waals surface area (Å²) in [6.07, 6.45) is 9.39. The zero-order valence-electron chi connectivity index (χ0n) is 12.8. The van der Waals surface area contributed by atoms with Crippen LogP contribution in [0.1, 0.15) is 51.1 Å². The first kappa shape index (κ1) is 14.5. The van der Waals surface area contributed by atoms with Crippen molar-refractivity contribution in [2.75, 3.05) is 14.1 Å². The molecule has 4 nitrogen and oxygen atoms in total. The zero-order valence-corrected chi connectivity index (χ0v) is 12.8. The van der Waals surface area contributed by atoms with E-state index in [9.17, 15) is 0 Å². The minimum atomic E-state index is 0.455. The number of hydrogen-bond donors (Lipinski definition) is 1. The molecule has 0 saturated heterocycles. The van der Waals surface area contributed by atoms with E-state index in [1.807, 2.05) is 10.9 Å². The summed E-state index contributed by atoms with van der Waals surface area (Å²) in [5.41, 5.74) is 1.33. The summed E-state index contributed by atoms with van der Waals surface area (Å²) in [6.45, 7) is 5.37. The Bertz CT molecular complexity index is 379. The molecule has 2 rings (SSSR count). The van der Waals surface area contributed by atoms with Gasteiger partial charge in [-0.25, -0.2) is 0 Å². The molecule has 1 atom stereocenters. The van der Waals surface area contributed by atoms with E-state index >= 15 is 0 Å². The first-order valence-electron chi connectivity index (χ1n) is 7.57. The largest absolute Gasteiger partial charge is 0.317 e. The summed E-state index contributed by atoms with van der Waals surface area (Å²) in [5, 5.41) is 7.79. The molecule has 19 heavy (non-hydrogen) atoms. The monoisotopic (exact) mass is 264 g/mol. The Labute approximate surface area is 117 Å². The number of nitrogens with zero attached hydrogens (tertiary/aromatic N) is 3. The summed E-state index contributed by atoms with van der Waals surface area (Å²) >= 11 is 0. The fourth-order valence-corrected chi connectivity index (χ4v) is 3.09. The number of aryl methyl sites for hydroxylation is 1. The molecule has 0 radical (unpaired) electrons. The maximum absolute atomic E-state index is 4.39. The van der Waals surface area contributed by atoms with Crippen LogP contribution in [0.5, 0.6) is 0 Å². The van der Waals surface area contributed by atoms with Crippen molar-refractivity contribution in [2.24, 2.45) is 0 Å². The Balaban J connectivity index is 1.93. The molecule has 1 heterocycles. The van der Waals surface area contributed by atoms with Gasteiger partial charge in [-0.15, -0.1) is 0 Å². The summed E-state index contributed by atoms with van der Waals surface area (Å²) in [5.74, 6) is 0. The Morgan fingerprint density at radius 1 is 1.42 bits per heavy atom. The fraction of sp³-hybridized carbons (Fsp3) is 0.800. The van der Waals surface area contributed by atoms with E-state index in [1.165, 1.54) is 31.2 Å². The standard InChI is InChI=1S/C15H28N4/c1-5-19-11-13(10-17-19)12(2)18(4)15-8-6-14(16-3)7-9-15/h10-12,14-16H,5-9H2,1-4H3. The van der Waals surface area contributed by atoms with Gasteiger partial charge in [-0.1, -0.05) is 0 Å². The normalized spacial score (nSPS) is 25.7. The number of hydrogen-bond acceptors (Lipinski definition) is 3. The first-order chi connectivity index (χ1) is 9.15. The predicted octanol–water partition coefficient (Wildman–Crippen LogP) is 2.43. The Morgan fingerprint density at radius 2 is 2.11 bits per heavy atom. The third kappa shape index (κ3) is 3.37. The maximum atomic E-state index is 4.39. The number of nitrogens with one attached hydrogen (secondary N) is 1. The third-order valence-electron chi connectivity index (χ3n) is 4.75. The minimum Gasteiger partial charge on any atom is -0.317 e. The van der Waals surface area contributed by atoms with E-state index in [2.05, 4.69) is 49.5 Å². The molecule has 0 spiro atoms. The van der Waals surface area contributed by atoms with Crippen molar-refractivity contribution in [3.63, 3.8) is 0 Å². The van der Waals surface area contributed by atoms with Crippen LogP contribution in [0.3, 0.4) is 0 Å². The van der Waals surface area contributed by atoms with Gasteiger partial charge >= 0.3 is 0 Å². The van der Waals surface area contributed by atoms with Gasteiger partial charge in [0.05, 0.1) is 6.20 Å². The van der Waals surface area contributed by atoms with E-state index in [0.717, 1.165) is 12.6 Å². The Kier molecular flexibility index (Phi) is 4.99. The lowest BCUT2D eigenvalue weighted by Gasteiger charge is -2.37. The van der Waals surface area contributed by atoms with Gasteiger partial charge in [-0.05, 0) is 53.6 Å². The summed E-state index contributed by atoms with van der Waals surface area (Å²) in [7, 11) is 4.34. The van der Waals surface area contributed by atoms with Crippen LogP contribution in [0.15, 0.2) is 12.4 Å². The molecule has 1 aromatic rings. The maximum Gasteiger partial charge on any atom is 0.0537 e. The Hall–Kier alpha value is -0.870. The van der Waals surface area contributed by atoms with Crippen molar-refractivity contribution < 1.29 is 0 Å². The van der Waals surface area contributed by atoms with Crippen LogP contribution in [0.2, 0.25) is 0 Å². The van der Waals surface area contributed by atoms with Crippen LogP contribution < -0.4 is 5.32 Å². The molecule has 0 bridgehead atoms. The van der Waals surface area contributed by atoms with Crippen molar-refractivity contribution in [1.29, 1.82) is 0 Å². The molecule has 0 amide bonds. The molecule has 0 aliphatic heterocycles. The highest BCUT2D eigenvalue weighted by Crippen LogP contribution is 2.28. The second-order valence-electron chi connectivity index (χ2n) is 5.76. The van der Waals surface area contributed by atoms with Crippen molar-refractivity contribution in [3.8, 4) is 0 Å². The average Bonchev–Trinajstić information content (AvgIpc) is 2.94. The van der Waals surface area contributed by atoms with Crippen LogP contribution in [0.25, 0.3) is 0 Å². The zero-order chi connectivity index (χ0) is 13.8. The van der Waals surface area contributed by atoms with Crippen molar-refractivity contribution in [2.45, 2.75) is 64.2 Å². The topological polar surface area (TPSA) is 33.1 Å². The van der Waals surface area contributed by atoms with Gasteiger partial charge in [-0.3, -0.25) is 9.58 Å². The SMILES string of the molecule is CCn1cc(C(C)N(C)C2CCC(NC)CC2)cn1. The highest BCUT2D eigenvalue weighted by atomic mass is 15.3. The van der Waals surface area contributed by atoms with Gasteiger partial charge in [0.25, 0.3) is 0 Å². The molecular formula is C15H28N4. The van der Waals surface area contributed by atoms with E-state index < -0.39 is 0 Å². The molecule has 1 aromatic heterocycles. The lowest BCUT2D eigenvalue weighted by Crippen LogP contribution is -2.40. The van der Waals surface area contributed by atoms with Crippen LogP contribution in [-0.4, -0.2) is 40.9 Å². The molecule has 1 fully saturated rings. The van der Waals surface area contributed by atoms with Crippen LogP contribution >= 0.6 is 0 Å². The lowest BCUT2D eigenvalue weighted by molar-refractivity contribution is 0.136. The summed E-state index contributed by atoms with van der Waals surface area (Å²) in [4.78, 5) is 2.53. The predicted molar refractivity (Wildman–Crippen MR) is 79.2 cm³/mol. The summed E-state index contributed by atoms with van der Waals surface area (Å²) < 4.78 is 2.01. The molecule has 1 unspecified atom stereocenters. The van der Waals surface area contributed by atoms with Gasteiger partial charge in [0.2, 0.25) is 0 Å². The van der Waals surface area contributed by atoms with E-state index in [4.69, 9.17) is 0 Å². The van der Waals surface area contributed by atoms with Gasteiger partial charge in [0, 0.05) is 36.4 Å². The average molecular weight is 264 g/mol. The van der Waals surface area contributed by atoms with Crippen molar-refractivity contribution in [1.82, 2.24) is 20.0 Å². The highest BCUT2D eigenvalue weighted by Gasteiger charge is 2.26. The van der Waals surface area contributed by atoms with Crippen LogP contribution in [-0.2, 0) is 6.54 Å². The minimum absolute atomic E-state index is 0.455. The quantitative estimate of drug-likeness (QED) is 0.886. The van der Waals surface area contributed by atoms with E-state index in [0.29, 0.717) is 12.1 Å². The van der Waals surface area contributed by atoms with Crippen LogP contribution in [0, 0.1) is 0 Å². The Morgan fingerprint density at radius 3 is 2.63 bits per heavy atom. The molecule has 108 valence electrons. The molecule has 1 saturated carbocycles. The van der Waals surface area contributed by atoms with Gasteiger partial charge in [0.15, 0.2) is 0 Å².